The van der Waals surface area contributed by atoms with Crippen LogP contribution >= 0.6 is 0 Å². The number of nitrogens with two attached hydrogens (primary N) is 1. The van der Waals surface area contributed by atoms with Gasteiger partial charge in [-0.15, -0.1) is 0 Å². The summed E-state index contributed by atoms with van der Waals surface area (Å²) in [5.41, 5.74) is 8.51. The molecule has 0 bridgehead atoms. The average molecular weight is 292 g/mol. The van der Waals surface area contributed by atoms with Crippen molar-refractivity contribution < 1.29 is 4.74 Å². The Hall–Kier alpha value is -1.06. The highest BCUT2D eigenvalue weighted by molar-refractivity contribution is 5.32. The molecule has 0 aromatic heterocycles. The topological polar surface area (TPSA) is 38.5 Å². The number of aryl methyl sites for hydroxylation is 2. The maximum absolute atomic E-state index is 5.92. The predicted octanol–water partition coefficient (Wildman–Crippen LogP) is 3.38. The summed E-state index contributed by atoms with van der Waals surface area (Å²) in [5.74, 6) is 0.974. The molecule has 1 aromatic rings. The Morgan fingerprint density at radius 1 is 1.10 bits per heavy atom. The van der Waals surface area contributed by atoms with Crippen LogP contribution in [0.5, 0.6) is 5.75 Å². The Kier molecular flexibility index (Phi) is 7.20. The van der Waals surface area contributed by atoms with Gasteiger partial charge in [-0.1, -0.05) is 26.8 Å². The van der Waals surface area contributed by atoms with Gasteiger partial charge in [-0.25, -0.2) is 0 Å². The molecule has 1 aromatic carbocycles. The molecular weight excluding hydrogens is 260 g/mol. The molecule has 0 amide bonds. The summed E-state index contributed by atoms with van der Waals surface area (Å²) in [6.07, 6.45) is 1.16. The van der Waals surface area contributed by atoms with E-state index in [1.54, 1.807) is 0 Å². The number of nitrogens with zero attached hydrogens (tertiary/aromatic N) is 1. The Labute approximate surface area is 130 Å². The quantitative estimate of drug-likeness (QED) is 0.758. The molecule has 2 N–H and O–H groups in total. The molecule has 1 rings (SSSR count). The molecular formula is C18H32N2O. The molecule has 120 valence electrons. The van der Waals surface area contributed by atoms with Gasteiger partial charge in [0, 0.05) is 13.1 Å². The zero-order valence-electron chi connectivity index (χ0n) is 14.4. The number of rotatable bonds is 9. The Balaban J connectivity index is 2.49. The minimum atomic E-state index is 0.162. The van der Waals surface area contributed by atoms with Gasteiger partial charge in [-0.05, 0) is 62.0 Å². The first-order valence-electron chi connectivity index (χ1n) is 8.00. The summed E-state index contributed by atoms with van der Waals surface area (Å²) in [6.45, 7) is 15.4. The van der Waals surface area contributed by atoms with E-state index in [4.69, 9.17) is 10.5 Å². The fourth-order valence-electron chi connectivity index (χ4n) is 2.56. The fraction of sp³-hybridized carbons (Fsp3) is 0.667. The van der Waals surface area contributed by atoms with Crippen LogP contribution in [0.3, 0.4) is 0 Å². The van der Waals surface area contributed by atoms with Crippen molar-refractivity contribution in [2.24, 2.45) is 11.1 Å². The molecule has 0 saturated heterocycles. The minimum Gasteiger partial charge on any atom is -0.492 e. The first kappa shape index (κ1) is 18.0. The van der Waals surface area contributed by atoms with Gasteiger partial charge < -0.3 is 10.5 Å². The van der Waals surface area contributed by atoms with Crippen molar-refractivity contribution in [1.29, 1.82) is 0 Å². The van der Waals surface area contributed by atoms with Gasteiger partial charge in [0.05, 0.1) is 0 Å². The second kappa shape index (κ2) is 8.40. The summed E-state index contributed by atoms with van der Waals surface area (Å²) < 4.78 is 5.92. The van der Waals surface area contributed by atoms with Gasteiger partial charge in [-0.2, -0.15) is 0 Å². The van der Waals surface area contributed by atoms with Crippen LogP contribution in [0.4, 0.5) is 0 Å². The minimum absolute atomic E-state index is 0.162. The summed E-state index contributed by atoms with van der Waals surface area (Å²) >= 11 is 0. The highest BCUT2D eigenvalue weighted by Crippen LogP contribution is 2.17. The van der Waals surface area contributed by atoms with Crippen molar-refractivity contribution in [3.8, 4) is 5.75 Å². The van der Waals surface area contributed by atoms with Crippen LogP contribution in [-0.4, -0.2) is 37.7 Å². The van der Waals surface area contributed by atoms with Crippen LogP contribution in [0.15, 0.2) is 18.2 Å². The average Bonchev–Trinajstić information content (AvgIpc) is 2.37. The molecule has 21 heavy (non-hydrogen) atoms. The highest BCUT2D eigenvalue weighted by atomic mass is 16.5. The summed E-state index contributed by atoms with van der Waals surface area (Å²) in [7, 11) is 0. The summed E-state index contributed by atoms with van der Waals surface area (Å²) in [5, 5.41) is 0. The van der Waals surface area contributed by atoms with Crippen molar-refractivity contribution in [1.82, 2.24) is 4.90 Å². The van der Waals surface area contributed by atoms with Crippen molar-refractivity contribution in [2.45, 2.75) is 41.0 Å². The summed E-state index contributed by atoms with van der Waals surface area (Å²) in [6, 6.07) is 6.36. The fourth-order valence-corrected chi connectivity index (χ4v) is 2.56. The Morgan fingerprint density at radius 2 is 1.71 bits per heavy atom. The Morgan fingerprint density at radius 3 is 2.24 bits per heavy atom. The van der Waals surface area contributed by atoms with E-state index in [0.717, 1.165) is 38.4 Å². The molecule has 0 atom stereocenters. The molecule has 0 aliphatic carbocycles. The predicted molar refractivity (Wildman–Crippen MR) is 91.0 cm³/mol. The first-order valence-corrected chi connectivity index (χ1v) is 8.00. The van der Waals surface area contributed by atoms with Crippen LogP contribution in [-0.2, 0) is 0 Å². The van der Waals surface area contributed by atoms with Crippen molar-refractivity contribution in [2.75, 3.05) is 32.8 Å². The molecule has 0 aliphatic heterocycles. The summed E-state index contributed by atoms with van der Waals surface area (Å²) in [4.78, 5) is 2.45. The lowest BCUT2D eigenvalue weighted by molar-refractivity contribution is 0.154. The van der Waals surface area contributed by atoms with Gasteiger partial charge in [0.15, 0.2) is 0 Å². The van der Waals surface area contributed by atoms with Crippen LogP contribution in [0, 0.1) is 19.3 Å². The van der Waals surface area contributed by atoms with Gasteiger partial charge in [0.2, 0.25) is 0 Å². The number of hydrogen-bond acceptors (Lipinski definition) is 3. The third kappa shape index (κ3) is 6.96. The lowest BCUT2D eigenvalue weighted by Crippen LogP contribution is -2.40. The number of hydrogen-bond donors (Lipinski definition) is 1. The monoisotopic (exact) mass is 292 g/mol. The van der Waals surface area contributed by atoms with Gasteiger partial charge >= 0.3 is 0 Å². The van der Waals surface area contributed by atoms with E-state index >= 15 is 0 Å². The maximum atomic E-state index is 5.92. The van der Waals surface area contributed by atoms with Crippen LogP contribution < -0.4 is 10.5 Å². The molecule has 0 aliphatic rings. The van der Waals surface area contributed by atoms with Gasteiger partial charge in [0.25, 0.3) is 0 Å². The second-order valence-corrected chi connectivity index (χ2v) is 6.82. The molecule has 0 radical (unpaired) electrons. The standard InChI is InChI=1S/C18H32N2O/c1-6-7-20(14-18(4,5)13-19)8-9-21-17-11-15(2)10-16(3)12-17/h10-12H,6-9,13-14,19H2,1-5H3. The van der Waals surface area contributed by atoms with Crippen LogP contribution in [0.2, 0.25) is 0 Å². The molecule has 0 saturated carbocycles. The van der Waals surface area contributed by atoms with E-state index in [1.165, 1.54) is 11.1 Å². The van der Waals surface area contributed by atoms with Gasteiger partial charge in [-0.3, -0.25) is 4.90 Å². The second-order valence-electron chi connectivity index (χ2n) is 6.82. The van der Waals surface area contributed by atoms with E-state index in [2.05, 4.69) is 57.7 Å². The molecule has 0 unspecified atom stereocenters. The normalized spacial score (nSPS) is 12.0. The highest BCUT2D eigenvalue weighted by Gasteiger charge is 2.19. The SMILES string of the molecule is CCCN(CCOc1cc(C)cc(C)c1)CC(C)(C)CN. The number of ether oxygens (including phenoxy) is 1. The lowest BCUT2D eigenvalue weighted by atomic mass is 9.93. The molecule has 0 spiro atoms. The Bertz CT molecular complexity index is 409. The van der Waals surface area contributed by atoms with Crippen molar-refractivity contribution >= 4 is 0 Å². The van der Waals surface area contributed by atoms with E-state index in [0.29, 0.717) is 6.54 Å². The van der Waals surface area contributed by atoms with Crippen molar-refractivity contribution in [3.63, 3.8) is 0 Å². The molecule has 3 heteroatoms. The van der Waals surface area contributed by atoms with Crippen LogP contribution in [0.25, 0.3) is 0 Å². The third-order valence-electron chi connectivity index (χ3n) is 3.62. The molecule has 0 heterocycles. The maximum Gasteiger partial charge on any atom is 0.119 e. The van der Waals surface area contributed by atoms with Gasteiger partial charge in [0.1, 0.15) is 12.4 Å². The van der Waals surface area contributed by atoms with Crippen molar-refractivity contribution in [3.05, 3.63) is 29.3 Å². The molecule has 3 nitrogen and oxygen atoms in total. The van der Waals surface area contributed by atoms with E-state index in [1.807, 2.05) is 0 Å². The largest absolute Gasteiger partial charge is 0.492 e. The number of benzene rings is 1. The van der Waals surface area contributed by atoms with E-state index in [9.17, 15) is 0 Å². The third-order valence-corrected chi connectivity index (χ3v) is 3.62. The van der Waals surface area contributed by atoms with E-state index in [-0.39, 0.29) is 5.41 Å². The molecule has 0 fully saturated rings. The zero-order chi connectivity index (χ0) is 15.9. The smallest absolute Gasteiger partial charge is 0.119 e. The zero-order valence-corrected chi connectivity index (χ0v) is 14.4. The first-order chi connectivity index (χ1) is 9.86. The van der Waals surface area contributed by atoms with Crippen LogP contribution in [0.1, 0.15) is 38.3 Å². The van der Waals surface area contributed by atoms with E-state index < -0.39 is 0 Å². The lowest BCUT2D eigenvalue weighted by Gasteiger charge is -2.31.